The molecule has 4 aromatic rings. The van der Waals surface area contributed by atoms with E-state index in [-0.39, 0.29) is 18.1 Å². The Kier molecular flexibility index (Phi) is 3.96. The Balaban J connectivity index is 1.61. The van der Waals surface area contributed by atoms with Crippen LogP contribution in [0, 0.1) is 11.6 Å². The summed E-state index contributed by atoms with van der Waals surface area (Å²) in [4.78, 5) is 16.5. The van der Waals surface area contributed by atoms with Gasteiger partial charge in [0.25, 0.3) is 5.91 Å². The highest BCUT2D eigenvalue weighted by Gasteiger charge is 2.13. The Morgan fingerprint density at radius 1 is 1.15 bits per heavy atom. The lowest BCUT2D eigenvalue weighted by Gasteiger charge is -2.07. The van der Waals surface area contributed by atoms with Gasteiger partial charge in [-0.05, 0) is 42.5 Å². The maximum absolute atomic E-state index is 14.0. The Morgan fingerprint density at radius 3 is 2.81 bits per heavy atom. The summed E-state index contributed by atoms with van der Waals surface area (Å²) in [7, 11) is 0. The third kappa shape index (κ3) is 2.95. The molecule has 0 unspecified atom stereocenters. The number of nitrogens with zero attached hydrogens (tertiary/aromatic N) is 2. The van der Waals surface area contributed by atoms with Gasteiger partial charge in [0.05, 0.1) is 29.5 Å². The Bertz CT molecular complexity index is 1090. The highest BCUT2D eigenvalue weighted by Crippen LogP contribution is 2.22. The van der Waals surface area contributed by atoms with E-state index in [1.807, 2.05) is 0 Å². The van der Waals surface area contributed by atoms with E-state index in [1.165, 1.54) is 29.3 Å². The molecule has 0 spiro atoms. The fourth-order valence-corrected chi connectivity index (χ4v) is 2.71. The van der Waals surface area contributed by atoms with Crippen LogP contribution in [0.3, 0.4) is 0 Å². The van der Waals surface area contributed by atoms with Crippen LogP contribution in [0.4, 0.5) is 8.78 Å². The standard InChI is InChI=1S/C19H13F2N3O2/c20-13-4-6-17(15(21)9-13)24-11-23-16-8-12(3-5-18(16)24)19(25)22-10-14-2-1-7-26-14/h1-9,11H,10H2,(H,22,25). The number of benzene rings is 2. The molecule has 2 heterocycles. The van der Waals surface area contributed by atoms with Gasteiger partial charge in [-0.1, -0.05) is 0 Å². The summed E-state index contributed by atoms with van der Waals surface area (Å²) >= 11 is 0. The number of amides is 1. The fraction of sp³-hybridized carbons (Fsp3) is 0.0526. The molecule has 7 heteroatoms. The molecule has 0 atom stereocenters. The zero-order valence-corrected chi connectivity index (χ0v) is 13.4. The predicted molar refractivity (Wildman–Crippen MR) is 90.9 cm³/mol. The van der Waals surface area contributed by atoms with Crippen molar-refractivity contribution in [2.75, 3.05) is 0 Å². The average Bonchev–Trinajstić information content (AvgIpc) is 3.29. The molecule has 0 radical (unpaired) electrons. The molecular formula is C19H13F2N3O2. The first-order chi connectivity index (χ1) is 12.6. The van der Waals surface area contributed by atoms with Gasteiger partial charge in [-0.25, -0.2) is 13.8 Å². The van der Waals surface area contributed by atoms with Gasteiger partial charge in [-0.15, -0.1) is 0 Å². The second kappa shape index (κ2) is 6.44. The van der Waals surface area contributed by atoms with E-state index >= 15 is 0 Å². The Labute approximate surface area is 146 Å². The van der Waals surface area contributed by atoms with Crippen molar-refractivity contribution in [1.29, 1.82) is 0 Å². The number of furan rings is 1. The molecule has 0 aliphatic carbocycles. The lowest BCUT2D eigenvalue weighted by molar-refractivity contribution is 0.0948. The van der Waals surface area contributed by atoms with Crippen molar-refractivity contribution < 1.29 is 18.0 Å². The molecule has 0 aliphatic rings. The van der Waals surface area contributed by atoms with Gasteiger partial charge in [0.15, 0.2) is 0 Å². The molecule has 0 aliphatic heterocycles. The van der Waals surface area contributed by atoms with Crippen molar-refractivity contribution in [1.82, 2.24) is 14.9 Å². The average molecular weight is 353 g/mol. The first kappa shape index (κ1) is 16.0. The van der Waals surface area contributed by atoms with Crippen LogP contribution in [0.25, 0.3) is 16.7 Å². The molecule has 0 saturated heterocycles. The lowest BCUT2D eigenvalue weighted by Crippen LogP contribution is -2.22. The number of rotatable bonds is 4. The number of halogens is 2. The molecule has 5 nitrogen and oxygen atoms in total. The number of hydrogen-bond acceptors (Lipinski definition) is 3. The van der Waals surface area contributed by atoms with Gasteiger partial charge < -0.3 is 9.73 Å². The van der Waals surface area contributed by atoms with Crippen LogP contribution in [0.15, 0.2) is 65.5 Å². The number of fused-ring (bicyclic) bond motifs is 1. The first-order valence-corrected chi connectivity index (χ1v) is 7.85. The highest BCUT2D eigenvalue weighted by molar-refractivity contribution is 5.97. The van der Waals surface area contributed by atoms with E-state index in [0.717, 1.165) is 6.07 Å². The van der Waals surface area contributed by atoms with E-state index < -0.39 is 11.6 Å². The Hall–Kier alpha value is -3.48. The van der Waals surface area contributed by atoms with Crippen LogP contribution in [0.2, 0.25) is 0 Å². The number of hydrogen-bond donors (Lipinski definition) is 1. The van der Waals surface area contributed by atoms with Crippen molar-refractivity contribution in [3.05, 3.63) is 84.1 Å². The van der Waals surface area contributed by atoms with E-state index in [9.17, 15) is 13.6 Å². The molecule has 0 fully saturated rings. The maximum atomic E-state index is 14.0. The topological polar surface area (TPSA) is 60.1 Å². The van der Waals surface area contributed by atoms with Gasteiger partial charge >= 0.3 is 0 Å². The monoisotopic (exact) mass is 353 g/mol. The fourth-order valence-electron chi connectivity index (χ4n) is 2.71. The van der Waals surface area contributed by atoms with Crippen molar-refractivity contribution in [2.24, 2.45) is 0 Å². The van der Waals surface area contributed by atoms with Crippen LogP contribution in [-0.2, 0) is 6.54 Å². The largest absolute Gasteiger partial charge is 0.467 e. The summed E-state index contributed by atoms with van der Waals surface area (Å²) in [6, 6.07) is 11.8. The van der Waals surface area contributed by atoms with Gasteiger partial charge in [0, 0.05) is 11.6 Å². The minimum Gasteiger partial charge on any atom is -0.467 e. The number of aromatic nitrogens is 2. The van der Waals surface area contributed by atoms with E-state index in [4.69, 9.17) is 4.42 Å². The minimum absolute atomic E-state index is 0.184. The first-order valence-electron chi connectivity index (χ1n) is 7.85. The second-order valence-corrected chi connectivity index (χ2v) is 5.68. The molecule has 2 aromatic carbocycles. The summed E-state index contributed by atoms with van der Waals surface area (Å²) in [5.41, 5.74) is 1.75. The third-order valence-electron chi connectivity index (χ3n) is 3.98. The molecule has 0 saturated carbocycles. The summed E-state index contributed by atoms with van der Waals surface area (Å²) in [6.45, 7) is 0.277. The van der Waals surface area contributed by atoms with Crippen molar-refractivity contribution >= 4 is 16.9 Å². The van der Waals surface area contributed by atoms with E-state index in [2.05, 4.69) is 10.3 Å². The smallest absolute Gasteiger partial charge is 0.251 e. The summed E-state index contributed by atoms with van der Waals surface area (Å²) < 4.78 is 33.8. The molecule has 1 amide bonds. The van der Waals surface area contributed by atoms with Crippen LogP contribution in [0.1, 0.15) is 16.1 Å². The second-order valence-electron chi connectivity index (χ2n) is 5.68. The van der Waals surface area contributed by atoms with Crippen LogP contribution in [-0.4, -0.2) is 15.5 Å². The van der Waals surface area contributed by atoms with Crippen molar-refractivity contribution in [3.8, 4) is 5.69 Å². The van der Waals surface area contributed by atoms with Gasteiger partial charge in [-0.2, -0.15) is 0 Å². The predicted octanol–water partition coefficient (Wildman–Crippen LogP) is 3.83. The molecule has 0 bridgehead atoms. The highest BCUT2D eigenvalue weighted by atomic mass is 19.1. The van der Waals surface area contributed by atoms with Crippen LogP contribution in [0.5, 0.6) is 0 Å². The molecule has 1 N–H and O–H groups in total. The minimum atomic E-state index is -0.690. The van der Waals surface area contributed by atoms with Gasteiger partial charge in [0.2, 0.25) is 0 Å². The van der Waals surface area contributed by atoms with Crippen LogP contribution < -0.4 is 5.32 Å². The van der Waals surface area contributed by atoms with Crippen molar-refractivity contribution in [2.45, 2.75) is 6.54 Å². The number of carbonyl (C=O) groups is 1. The molecule has 4 rings (SSSR count). The number of carbonyl (C=O) groups excluding carboxylic acids is 1. The molecule has 2 aromatic heterocycles. The van der Waals surface area contributed by atoms with E-state index in [0.29, 0.717) is 22.4 Å². The zero-order chi connectivity index (χ0) is 18.1. The summed E-state index contributed by atoms with van der Waals surface area (Å²) in [5, 5.41) is 2.75. The summed E-state index contributed by atoms with van der Waals surface area (Å²) in [6.07, 6.45) is 2.97. The zero-order valence-electron chi connectivity index (χ0n) is 13.4. The number of nitrogens with one attached hydrogen (secondary N) is 1. The summed E-state index contributed by atoms with van der Waals surface area (Å²) in [5.74, 6) is -0.961. The van der Waals surface area contributed by atoms with Crippen molar-refractivity contribution in [3.63, 3.8) is 0 Å². The normalized spacial score (nSPS) is 11.0. The molecule has 26 heavy (non-hydrogen) atoms. The number of imidazole rings is 1. The van der Waals surface area contributed by atoms with Gasteiger partial charge in [0.1, 0.15) is 23.7 Å². The molecule has 130 valence electrons. The van der Waals surface area contributed by atoms with E-state index in [1.54, 1.807) is 30.3 Å². The quantitative estimate of drug-likeness (QED) is 0.607. The van der Waals surface area contributed by atoms with Crippen LogP contribution >= 0.6 is 0 Å². The third-order valence-corrected chi connectivity index (χ3v) is 3.98. The molecular weight excluding hydrogens is 340 g/mol. The van der Waals surface area contributed by atoms with Gasteiger partial charge in [-0.3, -0.25) is 9.36 Å². The SMILES string of the molecule is O=C(NCc1ccco1)c1ccc2c(c1)ncn2-c1ccc(F)cc1F. The Morgan fingerprint density at radius 2 is 2.04 bits per heavy atom. The lowest BCUT2D eigenvalue weighted by atomic mass is 10.2. The maximum Gasteiger partial charge on any atom is 0.251 e.